The molecule has 1 aliphatic rings. The van der Waals surface area contributed by atoms with Crippen molar-refractivity contribution in [3.63, 3.8) is 0 Å². The Kier molecular flexibility index (Phi) is 3.73. The number of rotatable bonds is 3. The lowest BCUT2D eigenvalue weighted by Crippen LogP contribution is -2.50. The summed E-state index contributed by atoms with van der Waals surface area (Å²) in [6, 6.07) is 2.03. The van der Waals surface area contributed by atoms with E-state index in [4.69, 9.17) is 4.52 Å². The fraction of sp³-hybridized carbons (Fsp3) is 0.538. The summed E-state index contributed by atoms with van der Waals surface area (Å²) in [5.41, 5.74) is 0. The first-order valence-corrected chi connectivity index (χ1v) is 7.49. The molecule has 0 aliphatic carbocycles. The van der Waals surface area contributed by atoms with Gasteiger partial charge in [-0.3, -0.25) is 0 Å². The molecule has 3 heterocycles. The molecule has 7 heteroatoms. The Labute approximate surface area is 121 Å². The molecule has 0 amide bonds. The quantitative estimate of drug-likeness (QED) is 0.920. The topological polar surface area (TPSA) is 65.6 Å². The van der Waals surface area contributed by atoms with Crippen molar-refractivity contribution in [2.24, 2.45) is 0 Å². The van der Waals surface area contributed by atoms with Crippen molar-refractivity contribution in [1.82, 2.24) is 19.9 Å². The minimum atomic E-state index is 0.194. The number of piperazine rings is 1. The standard InChI is InChI=1S/C13H18N4O2S/c1-16-4-5-17(2)9(8-16)7-11-14-13(19-15-11)12-10(18)3-6-20-12/h3,6,9,18H,4-5,7-8H2,1-2H3. The third-order valence-corrected chi connectivity index (χ3v) is 4.60. The van der Waals surface area contributed by atoms with Crippen LogP contribution in [0.3, 0.4) is 0 Å². The molecule has 2 aromatic rings. The third kappa shape index (κ3) is 2.70. The fourth-order valence-corrected chi connectivity index (χ4v) is 3.13. The van der Waals surface area contributed by atoms with Gasteiger partial charge in [0.2, 0.25) is 0 Å². The van der Waals surface area contributed by atoms with E-state index in [1.54, 1.807) is 11.4 Å². The van der Waals surface area contributed by atoms with Crippen LogP contribution in [0.1, 0.15) is 5.82 Å². The second-order valence-corrected chi connectivity index (χ2v) is 6.17. The van der Waals surface area contributed by atoms with Crippen LogP contribution in [0.2, 0.25) is 0 Å². The number of aromatic hydroxyl groups is 1. The molecule has 0 bridgehead atoms. The molecule has 1 aliphatic heterocycles. The average Bonchev–Trinajstić information content (AvgIpc) is 3.02. The van der Waals surface area contributed by atoms with Gasteiger partial charge in [-0.2, -0.15) is 4.98 Å². The van der Waals surface area contributed by atoms with Crippen LogP contribution in [0.15, 0.2) is 16.0 Å². The van der Waals surface area contributed by atoms with E-state index in [0.717, 1.165) is 26.1 Å². The van der Waals surface area contributed by atoms with Gasteiger partial charge in [0.25, 0.3) is 5.89 Å². The van der Waals surface area contributed by atoms with E-state index in [0.29, 0.717) is 22.6 Å². The van der Waals surface area contributed by atoms with Gasteiger partial charge in [-0.25, -0.2) is 0 Å². The van der Waals surface area contributed by atoms with E-state index in [-0.39, 0.29) is 5.75 Å². The number of hydrogen-bond acceptors (Lipinski definition) is 7. The van der Waals surface area contributed by atoms with E-state index < -0.39 is 0 Å². The van der Waals surface area contributed by atoms with E-state index in [9.17, 15) is 5.11 Å². The zero-order chi connectivity index (χ0) is 14.1. The Morgan fingerprint density at radius 3 is 3.05 bits per heavy atom. The van der Waals surface area contributed by atoms with Gasteiger partial charge < -0.3 is 19.4 Å². The van der Waals surface area contributed by atoms with Crippen molar-refractivity contribution in [3.05, 3.63) is 17.3 Å². The number of aromatic nitrogens is 2. The molecule has 0 spiro atoms. The van der Waals surface area contributed by atoms with E-state index >= 15 is 0 Å². The average molecular weight is 294 g/mol. The highest BCUT2D eigenvalue weighted by atomic mass is 32.1. The number of thiophene rings is 1. The molecule has 20 heavy (non-hydrogen) atoms. The molecular weight excluding hydrogens is 276 g/mol. The molecule has 6 nitrogen and oxygen atoms in total. The summed E-state index contributed by atoms with van der Waals surface area (Å²) in [4.78, 5) is 9.68. The number of likely N-dealkylation sites (N-methyl/N-ethyl adjacent to an activating group) is 2. The second-order valence-electron chi connectivity index (χ2n) is 5.25. The Morgan fingerprint density at radius 1 is 1.45 bits per heavy atom. The maximum atomic E-state index is 9.68. The largest absolute Gasteiger partial charge is 0.506 e. The monoisotopic (exact) mass is 294 g/mol. The molecule has 1 unspecified atom stereocenters. The normalized spacial score (nSPS) is 21.4. The predicted octanol–water partition coefficient (Wildman–Crippen LogP) is 1.29. The van der Waals surface area contributed by atoms with Crippen LogP contribution in [0.5, 0.6) is 5.75 Å². The van der Waals surface area contributed by atoms with E-state index in [1.807, 2.05) is 0 Å². The van der Waals surface area contributed by atoms with Gasteiger partial charge in [0.05, 0.1) is 0 Å². The van der Waals surface area contributed by atoms with Crippen molar-refractivity contribution >= 4 is 11.3 Å². The highest BCUT2D eigenvalue weighted by Crippen LogP contribution is 2.33. The Morgan fingerprint density at radius 2 is 2.30 bits per heavy atom. The lowest BCUT2D eigenvalue weighted by Gasteiger charge is -2.37. The molecule has 2 aromatic heterocycles. The molecular formula is C13H18N4O2S. The van der Waals surface area contributed by atoms with Gasteiger partial charge in [0.1, 0.15) is 10.6 Å². The minimum Gasteiger partial charge on any atom is -0.506 e. The van der Waals surface area contributed by atoms with Gasteiger partial charge in [-0.15, -0.1) is 11.3 Å². The van der Waals surface area contributed by atoms with Crippen LogP contribution in [0.25, 0.3) is 10.8 Å². The first kappa shape index (κ1) is 13.5. The molecule has 0 aromatic carbocycles. The van der Waals surface area contributed by atoms with Crippen LogP contribution < -0.4 is 0 Å². The van der Waals surface area contributed by atoms with Gasteiger partial charge >= 0.3 is 0 Å². The van der Waals surface area contributed by atoms with Crippen molar-refractivity contribution in [1.29, 1.82) is 0 Å². The highest BCUT2D eigenvalue weighted by molar-refractivity contribution is 7.13. The Balaban J connectivity index is 1.73. The maximum Gasteiger partial charge on any atom is 0.271 e. The number of hydrogen-bond donors (Lipinski definition) is 1. The summed E-state index contributed by atoms with van der Waals surface area (Å²) in [6.45, 7) is 3.15. The van der Waals surface area contributed by atoms with E-state index in [1.165, 1.54) is 11.3 Å². The molecule has 0 saturated carbocycles. The zero-order valence-corrected chi connectivity index (χ0v) is 12.4. The molecule has 1 N–H and O–H groups in total. The van der Waals surface area contributed by atoms with Crippen LogP contribution in [0, 0.1) is 0 Å². The Bertz CT molecular complexity index is 582. The fourth-order valence-electron chi connectivity index (χ4n) is 2.42. The van der Waals surface area contributed by atoms with Crippen LogP contribution >= 0.6 is 11.3 Å². The summed E-state index contributed by atoms with van der Waals surface area (Å²) in [6.07, 6.45) is 0.760. The van der Waals surface area contributed by atoms with Gasteiger partial charge in [0.15, 0.2) is 5.82 Å². The van der Waals surface area contributed by atoms with Crippen molar-refractivity contribution in [2.45, 2.75) is 12.5 Å². The SMILES string of the molecule is CN1CCN(C)C(Cc2noc(-c3sccc3O)n2)C1. The molecule has 1 atom stereocenters. The van der Waals surface area contributed by atoms with Crippen molar-refractivity contribution in [3.8, 4) is 16.5 Å². The first-order chi connectivity index (χ1) is 9.63. The van der Waals surface area contributed by atoms with Gasteiger partial charge in [-0.05, 0) is 25.5 Å². The lowest BCUT2D eigenvalue weighted by molar-refractivity contribution is 0.113. The highest BCUT2D eigenvalue weighted by Gasteiger charge is 2.24. The lowest BCUT2D eigenvalue weighted by atomic mass is 10.1. The smallest absolute Gasteiger partial charge is 0.271 e. The summed E-state index contributed by atoms with van der Waals surface area (Å²) < 4.78 is 5.25. The first-order valence-electron chi connectivity index (χ1n) is 6.61. The van der Waals surface area contributed by atoms with Crippen molar-refractivity contribution in [2.75, 3.05) is 33.7 Å². The van der Waals surface area contributed by atoms with Crippen molar-refractivity contribution < 1.29 is 9.63 Å². The second kappa shape index (κ2) is 5.51. The molecule has 108 valence electrons. The molecule has 3 rings (SSSR count). The third-order valence-electron chi connectivity index (χ3n) is 3.71. The maximum absolute atomic E-state index is 9.68. The van der Waals surface area contributed by atoms with Crippen LogP contribution in [-0.4, -0.2) is 64.8 Å². The Hall–Kier alpha value is -1.44. The van der Waals surface area contributed by atoms with Crippen LogP contribution in [-0.2, 0) is 6.42 Å². The molecule has 0 radical (unpaired) electrons. The summed E-state index contributed by atoms with van der Waals surface area (Å²) >= 11 is 1.40. The zero-order valence-electron chi connectivity index (χ0n) is 11.6. The van der Waals surface area contributed by atoms with Gasteiger partial charge in [0, 0.05) is 32.1 Å². The summed E-state index contributed by atoms with van der Waals surface area (Å²) in [5, 5.41) is 15.5. The van der Waals surface area contributed by atoms with Crippen LogP contribution in [0.4, 0.5) is 0 Å². The summed E-state index contributed by atoms with van der Waals surface area (Å²) in [7, 11) is 4.26. The number of nitrogens with zero attached hydrogens (tertiary/aromatic N) is 4. The molecule has 1 fully saturated rings. The summed E-state index contributed by atoms with van der Waals surface area (Å²) in [5.74, 6) is 1.29. The predicted molar refractivity (Wildman–Crippen MR) is 76.9 cm³/mol. The molecule has 1 saturated heterocycles. The van der Waals surface area contributed by atoms with Gasteiger partial charge in [-0.1, -0.05) is 5.16 Å². The van der Waals surface area contributed by atoms with E-state index in [2.05, 4.69) is 34.0 Å². The minimum absolute atomic E-state index is 0.194.